The zero-order chi connectivity index (χ0) is 24.0. The van der Waals surface area contributed by atoms with Crippen molar-refractivity contribution in [1.29, 1.82) is 0 Å². The van der Waals surface area contributed by atoms with E-state index >= 15 is 0 Å². The van der Waals surface area contributed by atoms with Crippen LogP contribution in [0.2, 0.25) is 5.02 Å². The third kappa shape index (κ3) is 6.44. The van der Waals surface area contributed by atoms with E-state index in [1.807, 2.05) is 24.0 Å². The maximum absolute atomic E-state index is 12.5. The molecule has 1 aliphatic rings. The first-order chi connectivity index (χ1) is 15.8. The van der Waals surface area contributed by atoms with Crippen molar-refractivity contribution in [2.75, 3.05) is 53.5 Å². The minimum atomic E-state index is -0.104. The SMILES string of the molecule is C=c1ccc(C(=O)NCCOC)c(C)/c1=C/CN(C)CC1CN(C(=O)c2ccc(Cl)cc2)C1. The quantitative estimate of drug-likeness (QED) is 0.570. The van der Waals surface area contributed by atoms with Gasteiger partial charge in [0.25, 0.3) is 11.8 Å². The molecule has 1 N–H and O–H groups in total. The molecule has 0 radical (unpaired) electrons. The Hall–Kier alpha value is -2.67. The van der Waals surface area contributed by atoms with Crippen molar-refractivity contribution in [3.05, 3.63) is 68.5 Å². The molecule has 1 saturated heterocycles. The van der Waals surface area contributed by atoms with Crippen LogP contribution in [0.4, 0.5) is 0 Å². The number of hydrogen-bond donors (Lipinski definition) is 1. The molecule has 1 fully saturated rings. The summed E-state index contributed by atoms with van der Waals surface area (Å²) in [6.45, 7) is 10.2. The zero-order valence-corrected chi connectivity index (χ0v) is 20.3. The normalized spacial score (nSPS) is 14.5. The third-order valence-electron chi connectivity index (χ3n) is 5.95. The van der Waals surface area contributed by atoms with Crippen LogP contribution in [0.3, 0.4) is 0 Å². The second kappa shape index (κ2) is 11.5. The predicted molar refractivity (Wildman–Crippen MR) is 133 cm³/mol. The van der Waals surface area contributed by atoms with Gasteiger partial charge < -0.3 is 19.9 Å². The minimum Gasteiger partial charge on any atom is -0.383 e. The van der Waals surface area contributed by atoms with Crippen LogP contribution >= 0.6 is 11.6 Å². The van der Waals surface area contributed by atoms with Gasteiger partial charge in [-0.15, -0.1) is 0 Å². The summed E-state index contributed by atoms with van der Waals surface area (Å²) in [5.74, 6) is 0.389. The van der Waals surface area contributed by atoms with Crippen molar-refractivity contribution >= 4 is 36.1 Å². The summed E-state index contributed by atoms with van der Waals surface area (Å²) < 4.78 is 5.00. The Bertz CT molecular complexity index is 1100. The summed E-state index contributed by atoms with van der Waals surface area (Å²) in [6.07, 6.45) is 2.12. The average molecular weight is 470 g/mol. The molecule has 33 heavy (non-hydrogen) atoms. The van der Waals surface area contributed by atoms with Gasteiger partial charge in [-0.05, 0) is 60.3 Å². The number of methoxy groups -OCH3 is 1. The number of amides is 2. The van der Waals surface area contributed by atoms with E-state index in [-0.39, 0.29) is 11.8 Å². The number of benzene rings is 2. The van der Waals surface area contributed by atoms with Gasteiger partial charge in [0, 0.05) is 61.9 Å². The summed E-state index contributed by atoms with van der Waals surface area (Å²) in [7, 11) is 3.68. The number of carbonyl (C=O) groups is 2. The monoisotopic (exact) mass is 469 g/mol. The summed E-state index contributed by atoms with van der Waals surface area (Å²) in [6, 6.07) is 10.7. The maximum Gasteiger partial charge on any atom is 0.253 e. The molecule has 1 heterocycles. The minimum absolute atomic E-state index is 0.0510. The number of likely N-dealkylation sites (tertiary alicyclic amines) is 1. The number of rotatable bonds is 9. The lowest BCUT2D eigenvalue weighted by Gasteiger charge is -2.41. The van der Waals surface area contributed by atoms with Gasteiger partial charge in [0.2, 0.25) is 0 Å². The Balaban J connectivity index is 1.55. The number of halogens is 1. The fourth-order valence-electron chi connectivity index (χ4n) is 4.07. The lowest BCUT2D eigenvalue weighted by molar-refractivity contribution is 0.0443. The number of nitrogens with one attached hydrogen (secondary N) is 1. The molecule has 0 saturated carbocycles. The molecule has 0 aromatic heterocycles. The molecule has 176 valence electrons. The van der Waals surface area contributed by atoms with Crippen LogP contribution in [0.5, 0.6) is 0 Å². The molecule has 2 amide bonds. The predicted octanol–water partition coefficient (Wildman–Crippen LogP) is 1.92. The highest BCUT2D eigenvalue weighted by Crippen LogP contribution is 2.20. The second-order valence-corrected chi connectivity index (χ2v) is 9.00. The lowest BCUT2D eigenvalue weighted by Crippen LogP contribution is -2.53. The highest BCUT2D eigenvalue weighted by molar-refractivity contribution is 6.30. The largest absolute Gasteiger partial charge is 0.383 e. The molecular weight excluding hydrogens is 438 g/mol. The van der Waals surface area contributed by atoms with E-state index in [4.69, 9.17) is 16.3 Å². The smallest absolute Gasteiger partial charge is 0.253 e. The van der Waals surface area contributed by atoms with Crippen LogP contribution in [-0.4, -0.2) is 75.1 Å². The first-order valence-corrected chi connectivity index (χ1v) is 11.5. The maximum atomic E-state index is 12.5. The Kier molecular flexibility index (Phi) is 8.67. The lowest BCUT2D eigenvalue weighted by atomic mass is 9.98. The molecule has 6 nitrogen and oxygen atoms in total. The van der Waals surface area contributed by atoms with E-state index in [9.17, 15) is 9.59 Å². The summed E-state index contributed by atoms with van der Waals surface area (Å²) in [5, 5.41) is 5.40. The van der Waals surface area contributed by atoms with E-state index < -0.39 is 0 Å². The van der Waals surface area contributed by atoms with Gasteiger partial charge in [-0.1, -0.05) is 30.3 Å². The molecule has 1 aliphatic heterocycles. The molecule has 2 aromatic rings. The van der Waals surface area contributed by atoms with Crippen LogP contribution < -0.4 is 15.8 Å². The summed E-state index contributed by atoms with van der Waals surface area (Å²) in [5.41, 5.74) is 2.25. The van der Waals surface area contributed by atoms with E-state index in [1.54, 1.807) is 31.4 Å². The van der Waals surface area contributed by atoms with Crippen molar-refractivity contribution in [3.8, 4) is 0 Å². The molecule has 0 aliphatic carbocycles. The van der Waals surface area contributed by atoms with Crippen molar-refractivity contribution in [3.63, 3.8) is 0 Å². The molecule has 3 rings (SSSR count). The van der Waals surface area contributed by atoms with Gasteiger partial charge in [-0.25, -0.2) is 0 Å². The zero-order valence-electron chi connectivity index (χ0n) is 19.6. The van der Waals surface area contributed by atoms with E-state index in [0.717, 1.165) is 42.2 Å². The molecule has 2 aromatic carbocycles. The summed E-state index contributed by atoms with van der Waals surface area (Å²) >= 11 is 5.91. The fourth-order valence-corrected chi connectivity index (χ4v) is 4.19. The first kappa shape index (κ1) is 25.0. The Morgan fingerprint density at radius 2 is 1.94 bits per heavy atom. The number of ether oxygens (including phenoxy) is 1. The summed E-state index contributed by atoms with van der Waals surface area (Å²) in [4.78, 5) is 29.1. The molecule has 0 bridgehead atoms. The Morgan fingerprint density at radius 3 is 2.61 bits per heavy atom. The van der Waals surface area contributed by atoms with Gasteiger partial charge in [-0.2, -0.15) is 0 Å². The first-order valence-electron chi connectivity index (χ1n) is 11.1. The molecule has 0 spiro atoms. The van der Waals surface area contributed by atoms with Crippen molar-refractivity contribution < 1.29 is 14.3 Å². The fraction of sp³-hybridized carbons (Fsp3) is 0.385. The molecule has 0 atom stereocenters. The van der Waals surface area contributed by atoms with E-state index in [2.05, 4.69) is 29.9 Å². The average Bonchev–Trinajstić information content (AvgIpc) is 2.76. The van der Waals surface area contributed by atoms with Crippen molar-refractivity contribution in [2.45, 2.75) is 6.92 Å². The second-order valence-electron chi connectivity index (χ2n) is 8.57. The van der Waals surface area contributed by atoms with Crippen LogP contribution in [0.1, 0.15) is 26.3 Å². The van der Waals surface area contributed by atoms with Crippen molar-refractivity contribution in [2.24, 2.45) is 5.92 Å². The van der Waals surface area contributed by atoms with Crippen LogP contribution in [0, 0.1) is 12.8 Å². The number of hydrogen-bond acceptors (Lipinski definition) is 4. The Morgan fingerprint density at radius 1 is 1.24 bits per heavy atom. The van der Waals surface area contributed by atoms with Crippen LogP contribution in [-0.2, 0) is 4.74 Å². The standard InChI is InChI=1S/C26H32ClN3O3/c1-18-5-10-24(25(31)28-12-14-33-4)19(2)23(18)11-13-29(3)15-20-16-30(17-20)26(32)21-6-8-22(27)9-7-21/h5-11,20H,1,12-17H2,2-4H3,(H,28,31)/b23-11+. The van der Waals surface area contributed by atoms with Crippen molar-refractivity contribution in [1.82, 2.24) is 15.1 Å². The van der Waals surface area contributed by atoms with Gasteiger partial charge in [0.05, 0.1) is 6.61 Å². The topological polar surface area (TPSA) is 61.9 Å². The van der Waals surface area contributed by atoms with Crippen LogP contribution in [0.25, 0.3) is 12.7 Å². The van der Waals surface area contributed by atoms with Gasteiger partial charge >= 0.3 is 0 Å². The highest BCUT2D eigenvalue weighted by Gasteiger charge is 2.31. The number of carbonyl (C=O) groups excluding carboxylic acids is 2. The Labute approximate surface area is 200 Å². The van der Waals surface area contributed by atoms with E-state index in [0.29, 0.717) is 35.2 Å². The van der Waals surface area contributed by atoms with Crippen LogP contribution in [0.15, 0.2) is 36.4 Å². The molecule has 7 heteroatoms. The number of nitrogens with zero attached hydrogens (tertiary/aromatic N) is 2. The molecular formula is C26H32ClN3O3. The molecule has 0 unspecified atom stereocenters. The third-order valence-corrected chi connectivity index (χ3v) is 6.21. The van der Waals surface area contributed by atoms with Gasteiger partial charge in [-0.3, -0.25) is 9.59 Å². The van der Waals surface area contributed by atoms with E-state index in [1.165, 1.54) is 0 Å². The van der Waals surface area contributed by atoms with Gasteiger partial charge in [0.15, 0.2) is 0 Å². The highest BCUT2D eigenvalue weighted by atomic mass is 35.5. The van der Waals surface area contributed by atoms with Gasteiger partial charge in [0.1, 0.15) is 0 Å².